The maximum Gasteiger partial charge on any atom is 0.264 e. The van der Waals surface area contributed by atoms with Crippen molar-refractivity contribution in [3.8, 4) is 5.75 Å². The van der Waals surface area contributed by atoms with Gasteiger partial charge in [0.2, 0.25) is 11.8 Å². The highest BCUT2D eigenvalue weighted by molar-refractivity contribution is 7.92. The van der Waals surface area contributed by atoms with Gasteiger partial charge in [0, 0.05) is 24.0 Å². The van der Waals surface area contributed by atoms with Crippen molar-refractivity contribution in [3.05, 3.63) is 125 Å². The second-order valence-electron chi connectivity index (χ2n) is 10.9. The molecule has 8 nitrogen and oxygen atoms in total. The Morgan fingerprint density at radius 1 is 0.826 bits per heavy atom. The van der Waals surface area contributed by atoms with Crippen LogP contribution in [0.15, 0.2) is 114 Å². The maximum atomic E-state index is 14.5. The van der Waals surface area contributed by atoms with E-state index in [1.165, 1.54) is 17.0 Å². The average Bonchev–Trinajstić information content (AvgIpc) is 3.07. The molecule has 0 bridgehead atoms. The minimum absolute atomic E-state index is 0.00667. The number of carbonyl (C=O) groups is 2. The second-order valence-corrected chi connectivity index (χ2v) is 13.2. The van der Waals surface area contributed by atoms with Gasteiger partial charge in [-0.2, -0.15) is 0 Å². The molecule has 0 fully saturated rings. The number of nitrogens with zero attached hydrogens (tertiary/aromatic N) is 2. The largest absolute Gasteiger partial charge is 0.494 e. The molecule has 0 heterocycles. The number of nitrogens with one attached hydrogen (secondary N) is 1. The molecule has 242 valence electrons. The van der Waals surface area contributed by atoms with Crippen LogP contribution in [0.2, 0.25) is 5.02 Å². The third-order valence-corrected chi connectivity index (χ3v) is 9.62. The SMILES string of the molecule is CCOc1ccc(S(=O)(=O)N(CC(=O)N(Cc2ccc(Cl)cc2)[C@H](Cc2ccccc2)C(=O)N[C@@H](C)CC)c2ccccc2)cc1. The molecule has 0 spiro atoms. The zero-order valence-corrected chi connectivity index (χ0v) is 27.9. The van der Waals surface area contributed by atoms with E-state index in [-0.39, 0.29) is 29.8 Å². The van der Waals surface area contributed by atoms with Gasteiger partial charge < -0.3 is 15.0 Å². The summed E-state index contributed by atoms with van der Waals surface area (Å²) in [6.45, 7) is 5.69. The van der Waals surface area contributed by atoms with Crippen molar-refractivity contribution < 1.29 is 22.7 Å². The maximum absolute atomic E-state index is 14.5. The molecule has 10 heteroatoms. The Balaban J connectivity index is 1.77. The molecule has 0 radical (unpaired) electrons. The van der Waals surface area contributed by atoms with E-state index in [0.717, 1.165) is 15.4 Å². The molecule has 4 rings (SSSR count). The minimum Gasteiger partial charge on any atom is -0.494 e. The molecule has 46 heavy (non-hydrogen) atoms. The van der Waals surface area contributed by atoms with Crippen molar-refractivity contribution in [2.75, 3.05) is 17.5 Å². The van der Waals surface area contributed by atoms with Gasteiger partial charge in [-0.15, -0.1) is 0 Å². The van der Waals surface area contributed by atoms with E-state index in [0.29, 0.717) is 29.5 Å². The summed E-state index contributed by atoms with van der Waals surface area (Å²) in [5.41, 5.74) is 1.93. The van der Waals surface area contributed by atoms with Gasteiger partial charge in [-0.1, -0.05) is 79.2 Å². The van der Waals surface area contributed by atoms with E-state index >= 15 is 0 Å². The van der Waals surface area contributed by atoms with Crippen LogP contribution in [-0.4, -0.2) is 50.4 Å². The standard InChI is InChI=1S/C36H40ClN3O5S/c1-4-27(3)38-36(42)34(24-28-12-8-6-9-13-28)39(25-29-16-18-30(37)19-17-29)35(41)26-40(31-14-10-7-11-15-31)46(43,44)33-22-20-32(21-23-33)45-5-2/h6-23,27,34H,4-5,24-26H2,1-3H3,(H,38,42)/t27-,34+/m0/s1. The first kappa shape index (κ1) is 34.5. The molecule has 4 aromatic rings. The van der Waals surface area contributed by atoms with Crippen LogP contribution in [0.5, 0.6) is 5.75 Å². The van der Waals surface area contributed by atoms with Gasteiger partial charge in [0.25, 0.3) is 10.0 Å². The topological polar surface area (TPSA) is 96.0 Å². The van der Waals surface area contributed by atoms with Crippen molar-refractivity contribution in [2.45, 2.75) is 57.1 Å². The number of para-hydroxylation sites is 1. The average molecular weight is 662 g/mol. The van der Waals surface area contributed by atoms with Crippen molar-refractivity contribution >= 4 is 39.1 Å². The lowest BCUT2D eigenvalue weighted by atomic mass is 10.0. The molecule has 0 aliphatic heterocycles. The predicted octanol–water partition coefficient (Wildman–Crippen LogP) is 6.49. The number of rotatable bonds is 15. The smallest absolute Gasteiger partial charge is 0.264 e. The Labute approximate surface area is 277 Å². The molecule has 0 aromatic heterocycles. The number of amides is 2. The van der Waals surface area contributed by atoms with Crippen LogP contribution in [0, 0.1) is 0 Å². The van der Waals surface area contributed by atoms with Gasteiger partial charge in [0.05, 0.1) is 17.2 Å². The van der Waals surface area contributed by atoms with E-state index in [2.05, 4.69) is 5.32 Å². The fourth-order valence-corrected chi connectivity index (χ4v) is 6.45. The van der Waals surface area contributed by atoms with E-state index in [1.807, 2.05) is 51.1 Å². The molecular formula is C36H40ClN3O5S. The van der Waals surface area contributed by atoms with Crippen LogP contribution in [0.3, 0.4) is 0 Å². The molecular weight excluding hydrogens is 622 g/mol. The summed E-state index contributed by atoms with van der Waals surface area (Å²) in [5, 5.41) is 3.57. The molecule has 2 atom stereocenters. The molecule has 2 amide bonds. The van der Waals surface area contributed by atoms with Gasteiger partial charge in [-0.05, 0) is 79.9 Å². The number of hydrogen-bond donors (Lipinski definition) is 1. The Morgan fingerprint density at radius 2 is 1.43 bits per heavy atom. The number of halogens is 1. The summed E-state index contributed by atoms with van der Waals surface area (Å²) in [7, 11) is -4.21. The van der Waals surface area contributed by atoms with Crippen LogP contribution in [0.4, 0.5) is 5.69 Å². The van der Waals surface area contributed by atoms with Crippen molar-refractivity contribution in [1.29, 1.82) is 0 Å². The normalized spacial score (nSPS) is 12.5. The predicted molar refractivity (Wildman–Crippen MR) is 182 cm³/mol. The fourth-order valence-electron chi connectivity index (χ4n) is 4.91. The van der Waals surface area contributed by atoms with Gasteiger partial charge in [0.1, 0.15) is 18.3 Å². The fraction of sp³-hybridized carbons (Fsp3) is 0.278. The third kappa shape index (κ3) is 9.11. The zero-order valence-electron chi connectivity index (χ0n) is 26.3. The Morgan fingerprint density at radius 3 is 2.02 bits per heavy atom. The molecule has 0 saturated carbocycles. The summed E-state index contributed by atoms with van der Waals surface area (Å²) in [6, 6.07) is 30.0. The first-order valence-corrected chi connectivity index (χ1v) is 17.1. The summed E-state index contributed by atoms with van der Waals surface area (Å²) in [4.78, 5) is 29.9. The van der Waals surface area contributed by atoms with Gasteiger partial charge >= 0.3 is 0 Å². The molecule has 4 aromatic carbocycles. The van der Waals surface area contributed by atoms with E-state index in [9.17, 15) is 18.0 Å². The van der Waals surface area contributed by atoms with Crippen molar-refractivity contribution in [2.24, 2.45) is 0 Å². The molecule has 0 aliphatic carbocycles. The highest BCUT2D eigenvalue weighted by Crippen LogP contribution is 2.26. The highest BCUT2D eigenvalue weighted by Gasteiger charge is 2.35. The Bertz CT molecular complexity index is 1670. The van der Waals surface area contributed by atoms with Crippen LogP contribution in [0.1, 0.15) is 38.3 Å². The first-order valence-electron chi connectivity index (χ1n) is 15.3. The number of carbonyl (C=O) groups excluding carboxylic acids is 2. The van der Waals surface area contributed by atoms with Crippen LogP contribution >= 0.6 is 11.6 Å². The summed E-state index contributed by atoms with van der Waals surface area (Å²) >= 11 is 6.15. The third-order valence-electron chi connectivity index (χ3n) is 7.58. The molecule has 0 unspecified atom stereocenters. The van der Waals surface area contributed by atoms with E-state index < -0.39 is 28.5 Å². The van der Waals surface area contributed by atoms with Crippen LogP contribution < -0.4 is 14.4 Å². The summed E-state index contributed by atoms with van der Waals surface area (Å²) in [6.07, 6.45) is 0.941. The second kappa shape index (κ2) is 16.3. The lowest BCUT2D eigenvalue weighted by Crippen LogP contribution is -2.54. The number of hydrogen-bond acceptors (Lipinski definition) is 5. The van der Waals surface area contributed by atoms with Crippen molar-refractivity contribution in [1.82, 2.24) is 10.2 Å². The van der Waals surface area contributed by atoms with Crippen molar-refractivity contribution in [3.63, 3.8) is 0 Å². The van der Waals surface area contributed by atoms with E-state index in [4.69, 9.17) is 16.3 Å². The lowest BCUT2D eigenvalue weighted by Gasteiger charge is -2.34. The zero-order chi connectivity index (χ0) is 33.1. The monoisotopic (exact) mass is 661 g/mol. The molecule has 0 aliphatic rings. The molecule has 0 saturated heterocycles. The van der Waals surface area contributed by atoms with Gasteiger partial charge in [-0.25, -0.2) is 8.42 Å². The number of benzene rings is 4. The summed E-state index contributed by atoms with van der Waals surface area (Å²) in [5.74, 6) is -0.316. The van der Waals surface area contributed by atoms with Crippen LogP contribution in [-0.2, 0) is 32.6 Å². The van der Waals surface area contributed by atoms with Gasteiger partial charge in [-0.3, -0.25) is 13.9 Å². The number of anilines is 1. The van der Waals surface area contributed by atoms with Gasteiger partial charge in [0.15, 0.2) is 0 Å². The Kier molecular flexibility index (Phi) is 12.2. The first-order chi connectivity index (χ1) is 22.1. The minimum atomic E-state index is -4.21. The quantitative estimate of drug-likeness (QED) is 0.157. The van der Waals surface area contributed by atoms with E-state index in [1.54, 1.807) is 66.7 Å². The number of ether oxygens (including phenoxy) is 1. The van der Waals surface area contributed by atoms with Crippen LogP contribution in [0.25, 0.3) is 0 Å². The highest BCUT2D eigenvalue weighted by atomic mass is 35.5. The Hall–Kier alpha value is -4.34. The molecule has 1 N–H and O–H groups in total. The number of sulfonamides is 1. The summed E-state index contributed by atoms with van der Waals surface area (Å²) < 4.78 is 34.9. The lowest BCUT2D eigenvalue weighted by molar-refractivity contribution is -0.140.